The highest BCUT2D eigenvalue weighted by atomic mass is 16.2. The number of amides is 1. The van der Waals surface area contributed by atoms with E-state index in [9.17, 15) is 4.79 Å². The fourth-order valence-electron chi connectivity index (χ4n) is 3.24. The lowest BCUT2D eigenvalue weighted by Crippen LogP contribution is -2.51. The van der Waals surface area contributed by atoms with Gasteiger partial charge in [0.25, 0.3) is 0 Å². The predicted octanol–water partition coefficient (Wildman–Crippen LogP) is 1.77. The highest BCUT2D eigenvalue weighted by Gasteiger charge is 2.37. The molecule has 3 heteroatoms. The van der Waals surface area contributed by atoms with Crippen molar-refractivity contribution in [1.82, 2.24) is 10.2 Å². The number of likely N-dealkylation sites (tertiary alicyclic amines) is 1. The lowest BCUT2D eigenvalue weighted by molar-refractivity contribution is -0.141. The van der Waals surface area contributed by atoms with E-state index < -0.39 is 0 Å². The van der Waals surface area contributed by atoms with Crippen molar-refractivity contribution >= 4 is 5.91 Å². The maximum Gasteiger partial charge on any atom is 0.227 e. The first-order valence-electron chi connectivity index (χ1n) is 6.67. The summed E-state index contributed by atoms with van der Waals surface area (Å²) in [4.78, 5) is 14.7. The van der Waals surface area contributed by atoms with E-state index in [2.05, 4.69) is 31.0 Å². The van der Waals surface area contributed by atoms with Gasteiger partial charge in [0.05, 0.1) is 5.92 Å². The minimum atomic E-state index is 0.211. The van der Waals surface area contributed by atoms with Gasteiger partial charge in [0.15, 0.2) is 0 Å². The summed E-state index contributed by atoms with van der Waals surface area (Å²) in [6, 6.07) is 1.22. The Hall–Kier alpha value is -0.570. The van der Waals surface area contributed by atoms with Crippen LogP contribution in [0.3, 0.4) is 0 Å². The van der Waals surface area contributed by atoms with Gasteiger partial charge in [-0.15, -0.1) is 0 Å². The molecule has 2 saturated heterocycles. The number of carbonyl (C=O) groups is 1. The van der Waals surface area contributed by atoms with E-state index in [0.717, 1.165) is 13.0 Å². The Balaban J connectivity index is 2.07. The fourth-order valence-corrected chi connectivity index (χ4v) is 3.24. The molecule has 0 radical (unpaired) electrons. The van der Waals surface area contributed by atoms with Crippen LogP contribution in [0.4, 0.5) is 0 Å². The molecule has 3 nitrogen and oxygen atoms in total. The molecule has 2 fully saturated rings. The first-order chi connectivity index (χ1) is 7.61. The van der Waals surface area contributed by atoms with Crippen LogP contribution in [0.15, 0.2) is 0 Å². The van der Waals surface area contributed by atoms with E-state index in [1.807, 2.05) is 0 Å². The van der Waals surface area contributed by atoms with Crippen molar-refractivity contribution in [3.05, 3.63) is 0 Å². The molecule has 4 unspecified atom stereocenters. The van der Waals surface area contributed by atoms with E-state index >= 15 is 0 Å². The van der Waals surface area contributed by atoms with Gasteiger partial charge in [-0.1, -0.05) is 0 Å². The Morgan fingerprint density at radius 1 is 1.12 bits per heavy atom. The zero-order valence-electron chi connectivity index (χ0n) is 10.7. The number of nitrogens with zero attached hydrogens (tertiary/aromatic N) is 1. The molecule has 1 amide bonds. The number of piperidine rings is 1. The van der Waals surface area contributed by atoms with Crippen molar-refractivity contribution in [2.24, 2.45) is 5.92 Å². The van der Waals surface area contributed by atoms with Crippen LogP contribution in [0, 0.1) is 5.92 Å². The van der Waals surface area contributed by atoms with E-state index in [-0.39, 0.29) is 5.92 Å². The summed E-state index contributed by atoms with van der Waals surface area (Å²) in [6.45, 7) is 7.52. The molecule has 92 valence electrons. The SMILES string of the molecule is CC1NCCC1C(=O)N1C(C)CCCC1C. The summed E-state index contributed by atoms with van der Waals surface area (Å²) < 4.78 is 0. The van der Waals surface area contributed by atoms with Crippen molar-refractivity contribution in [3.8, 4) is 0 Å². The predicted molar refractivity (Wildman–Crippen MR) is 65.2 cm³/mol. The second kappa shape index (κ2) is 4.74. The van der Waals surface area contributed by atoms with Gasteiger partial charge in [-0.25, -0.2) is 0 Å². The van der Waals surface area contributed by atoms with Crippen molar-refractivity contribution < 1.29 is 4.79 Å². The first-order valence-corrected chi connectivity index (χ1v) is 6.67. The van der Waals surface area contributed by atoms with Gasteiger partial charge in [-0.2, -0.15) is 0 Å². The summed E-state index contributed by atoms with van der Waals surface area (Å²) in [6.07, 6.45) is 4.62. The summed E-state index contributed by atoms with van der Waals surface area (Å²) in [7, 11) is 0. The topological polar surface area (TPSA) is 32.3 Å². The molecule has 1 N–H and O–H groups in total. The number of hydrogen-bond donors (Lipinski definition) is 1. The van der Waals surface area contributed by atoms with E-state index in [4.69, 9.17) is 0 Å². The molecule has 2 heterocycles. The van der Waals surface area contributed by atoms with Crippen LogP contribution in [0.1, 0.15) is 46.5 Å². The van der Waals surface area contributed by atoms with Crippen molar-refractivity contribution in [1.29, 1.82) is 0 Å². The summed E-state index contributed by atoms with van der Waals surface area (Å²) >= 11 is 0. The van der Waals surface area contributed by atoms with Gasteiger partial charge in [0.2, 0.25) is 5.91 Å². The molecule has 2 aliphatic rings. The van der Waals surface area contributed by atoms with Crippen LogP contribution in [0.5, 0.6) is 0 Å². The maximum absolute atomic E-state index is 12.5. The Labute approximate surface area is 98.6 Å². The summed E-state index contributed by atoms with van der Waals surface area (Å²) in [5, 5.41) is 3.37. The summed E-state index contributed by atoms with van der Waals surface area (Å²) in [5.41, 5.74) is 0. The van der Waals surface area contributed by atoms with Crippen LogP contribution in [0.25, 0.3) is 0 Å². The quantitative estimate of drug-likeness (QED) is 0.736. The minimum absolute atomic E-state index is 0.211. The average molecular weight is 224 g/mol. The monoisotopic (exact) mass is 224 g/mol. The van der Waals surface area contributed by atoms with Gasteiger partial charge in [-0.05, 0) is 53.0 Å². The normalized spacial score (nSPS) is 40.1. The smallest absolute Gasteiger partial charge is 0.227 e. The summed E-state index contributed by atoms with van der Waals surface area (Å²) in [5.74, 6) is 0.597. The third kappa shape index (κ3) is 2.10. The molecule has 0 aliphatic carbocycles. The van der Waals surface area contributed by atoms with Crippen LogP contribution >= 0.6 is 0 Å². The van der Waals surface area contributed by atoms with Crippen LogP contribution in [0.2, 0.25) is 0 Å². The van der Waals surface area contributed by atoms with Gasteiger partial charge >= 0.3 is 0 Å². The number of rotatable bonds is 1. The number of nitrogens with one attached hydrogen (secondary N) is 1. The average Bonchev–Trinajstić information content (AvgIpc) is 2.64. The number of hydrogen-bond acceptors (Lipinski definition) is 2. The molecular formula is C13H24N2O. The van der Waals surface area contributed by atoms with Crippen LogP contribution in [-0.4, -0.2) is 35.5 Å². The van der Waals surface area contributed by atoms with Crippen molar-refractivity contribution in [2.75, 3.05) is 6.54 Å². The van der Waals surface area contributed by atoms with Gasteiger partial charge < -0.3 is 10.2 Å². The Kier molecular flexibility index (Phi) is 3.53. The Morgan fingerprint density at radius 2 is 1.75 bits per heavy atom. The molecule has 2 rings (SSSR count). The zero-order chi connectivity index (χ0) is 11.7. The molecule has 2 aliphatic heterocycles. The molecule has 0 aromatic heterocycles. The lowest BCUT2D eigenvalue weighted by atomic mass is 9.93. The van der Waals surface area contributed by atoms with Crippen molar-refractivity contribution in [3.63, 3.8) is 0 Å². The third-order valence-electron chi connectivity index (χ3n) is 4.29. The molecule has 0 saturated carbocycles. The van der Waals surface area contributed by atoms with E-state index in [1.54, 1.807) is 0 Å². The largest absolute Gasteiger partial charge is 0.337 e. The molecular weight excluding hydrogens is 200 g/mol. The molecule has 0 bridgehead atoms. The molecule has 0 spiro atoms. The van der Waals surface area contributed by atoms with Crippen LogP contribution in [-0.2, 0) is 4.79 Å². The fraction of sp³-hybridized carbons (Fsp3) is 0.923. The standard InChI is InChI=1S/C13H24N2O/c1-9-5-4-6-10(2)15(9)13(16)12-7-8-14-11(12)3/h9-12,14H,4-8H2,1-3H3. The highest BCUT2D eigenvalue weighted by Crippen LogP contribution is 2.27. The zero-order valence-corrected chi connectivity index (χ0v) is 10.7. The number of carbonyl (C=O) groups excluding carboxylic acids is 1. The molecule has 0 aromatic rings. The van der Waals surface area contributed by atoms with Gasteiger partial charge in [0, 0.05) is 18.1 Å². The first kappa shape index (κ1) is 11.9. The second-order valence-corrected chi connectivity index (χ2v) is 5.51. The third-order valence-corrected chi connectivity index (χ3v) is 4.29. The Morgan fingerprint density at radius 3 is 2.25 bits per heavy atom. The Bertz CT molecular complexity index is 257. The van der Waals surface area contributed by atoms with E-state index in [0.29, 0.717) is 24.0 Å². The second-order valence-electron chi connectivity index (χ2n) is 5.51. The van der Waals surface area contributed by atoms with Crippen LogP contribution < -0.4 is 5.32 Å². The molecule has 0 aromatic carbocycles. The van der Waals surface area contributed by atoms with Crippen molar-refractivity contribution in [2.45, 2.75) is 64.6 Å². The molecule has 4 atom stereocenters. The lowest BCUT2D eigenvalue weighted by Gasteiger charge is -2.41. The molecule has 16 heavy (non-hydrogen) atoms. The van der Waals surface area contributed by atoms with E-state index in [1.165, 1.54) is 19.3 Å². The highest BCUT2D eigenvalue weighted by molar-refractivity contribution is 5.80. The van der Waals surface area contributed by atoms with Gasteiger partial charge in [0.1, 0.15) is 0 Å². The van der Waals surface area contributed by atoms with Gasteiger partial charge in [-0.3, -0.25) is 4.79 Å². The maximum atomic E-state index is 12.5. The minimum Gasteiger partial charge on any atom is -0.337 e.